The minimum atomic E-state index is -0.836. The van der Waals surface area contributed by atoms with Gasteiger partial charge >= 0.3 is 5.97 Å². The van der Waals surface area contributed by atoms with Crippen LogP contribution < -0.4 is 4.74 Å². The molecule has 2 aliphatic rings. The van der Waals surface area contributed by atoms with E-state index in [1.807, 2.05) is 13.0 Å². The van der Waals surface area contributed by atoms with Crippen LogP contribution in [-0.2, 0) is 9.59 Å². The van der Waals surface area contributed by atoms with Gasteiger partial charge in [-0.05, 0) is 68.3 Å². The topological polar surface area (TPSA) is 144 Å². The van der Waals surface area contributed by atoms with E-state index >= 15 is 0 Å². The number of non-ortho nitro benzene ring substituents is 1. The molecule has 0 N–H and O–H groups in total. The highest BCUT2D eigenvalue weighted by Crippen LogP contribution is 2.38. The molecule has 1 saturated heterocycles. The van der Waals surface area contributed by atoms with Gasteiger partial charge in [0, 0.05) is 23.3 Å². The number of nitro benzene ring substituents is 1. The molecule has 11 heteroatoms. The maximum Gasteiger partial charge on any atom is 0.343 e. The molecule has 5 rings (SSSR count). The number of amides is 3. The summed E-state index contributed by atoms with van der Waals surface area (Å²) in [6, 6.07) is 18.7. The van der Waals surface area contributed by atoms with Crippen LogP contribution in [0.3, 0.4) is 0 Å². The van der Waals surface area contributed by atoms with Crippen molar-refractivity contribution in [3.8, 4) is 5.75 Å². The highest BCUT2D eigenvalue weighted by molar-refractivity contribution is 6.10. The molecule has 42 heavy (non-hydrogen) atoms. The van der Waals surface area contributed by atoms with Gasteiger partial charge in [-0.25, -0.2) is 9.80 Å². The normalized spacial score (nSPS) is 17.7. The average molecular weight is 568 g/mol. The number of carbonyl (C=O) groups is 5. The second-order valence-corrected chi connectivity index (χ2v) is 10.1. The van der Waals surface area contributed by atoms with Gasteiger partial charge in [-0.3, -0.25) is 29.3 Å². The van der Waals surface area contributed by atoms with Crippen molar-refractivity contribution in [1.82, 2.24) is 10.0 Å². The largest absolute Gasteiger partial charge is 0.423 e. The molecule has 0 unspecified atom stereocenters. The number of allylic oxidation sites excluding steroid dienone is 2. The standard InChI is InChI=1S/C31H25N3O8/c1-19-7-16-25-26(17-19)30(38)33(29(25)37)32(28(36)21-8-12-23(13-9-21)34(40)41)18-27(35)20-10-14-24(15-11-20)42-31(39)22-5-3-2-4-6-22/h2-15,25-26H,16-18H2,1H3/t25-,26-/m1/s1. The van der Waals surface area contributed by atoms with Gasteiger partial charge in [0.05, 0.1) is 22.3 Å². The number of hydrogen-bond donors (Lipinski definition) is 0. The molecule has 11 nitrogen and oxygen atoms in total. The number of fused-ring (bicyclic) bond motifs is 1. The van der Waals surface area contributed by atoms with Crippen LogP contribution in [-0.4, -0.2) is 51.0 Å². The lowest BCUT2D eigenvalue weighted by molar-refractivity contribution is -0.384. The van der Waals surface area contributed by atoms with Crippen LogP contribution in [0.2, 0.25) is 0 Å². The Bertz CT molecular complexity index is 1610. The van der Waals surface area contributed by atoms with Crippen LogP contribution in [0.4, 0.5) is 5.69 Å². The van der Waals surface area contributed by atoms with Crippen molar-refractivity contribution >= 4 is 35.2 Å². The third-order valence-electron chi connectivity index (χ3n) is 7.29. The van der Waals surface area contributed by atoms with E-state index in [4.69, 9.17) is 4.74 Å². The maximum atomic E-state index is 13.6. The number of imide groups is 1. The van der Waals surface area contributed by atoms with E-state index in [-0.39, 0.29) is 22.6 Å². The molecule has 3 amide bonds. The molecule has 1 aliphatic heterocycles. The highest BCUT2D eigenvalue weighted by Gasteiger charge is 2.51. The minimum absolute atomic E-state index is 0.0404. The number of hydrogen-bond acceptors (Lipinski definition) is 8. The second-order valence-electron chi connectivity index (χ2n) is 10.1. The molecule has 1 heterocycles. The number of benzene rings is 3. The minimum Gasteiger partial charge on any atom is -0.423 e. The molecule has 3 aromatic carbocycles. The average Bonchev–Trinajstić information content (AvgIpc) is 3.24. The molecule has 1 aliphatic carbocycles. The molecule has 3 aromatic rings. The summed E-state index contributed by atoms with van der Waals surface area (Å²) in [6.07, 6.45) is 2.59. The zero-order valence-electron chi connectivity index (χ0n) is 22.5. The fourth-order valence-corrected chi connectivity index (χ4v) is 5.04. The van der Waals surface area contributed by atoms with Crippen molar-refractivity contribution in [3.05, 3.63) is 117 Å². The fourth-order valence-electron chi connectivity index (χ4n) is 5.04. The fraction of sp³-hybridized carbons (Fsp3) is 0.194. The predicted molar refractivity (Wildman–Crippen MR) is 148 cm³/mol. The molecule has 0 aromatic heterocycles. The van der Waals surface area contributed by atoms with Gasteiger partial charge in [-0.2, -0.15) is 5.01 Å². The van der Waals surface area contributed by atoms with Crippen molar-refractivity contribution in [2.75, 3.05) is 6.54 Å². The molecular formula is C31H25N3O8. The number of ketones is 1. The summed E-state index contributed by atoms with van der Waals surface area (Å²) in [5.41, 5.74) is 1.16. The van der Waals surface area contributed by atoms with Crippen molar-refractivity contribution < 1.29 is 33.6 Å². The Morgan fingerprint density at radius 3 is 2.14 bits per heavy atom. The molecule has 0 radical (unpaired) electrons. The lowest BCUT2D eigenvalue weighted by Gasteiger charge is -2.30. The molecule has 0 bridgehead atoms. The van der Waals surface area contributed by atoms with Gasteiger partial charge < -0.3 is 4.74 Å². The quantitative estimate of drug-likeness (QED) is 0.0741. The highest BCUT2D eigenvalue weighted by atomic mass is 16.6. The Morgan fingerprint density at radius 1 is 0.881 bits per heavy atom. The number of carbonyl (C=O) groups excluding carboxylic acids is 5. The number of nitrogens with zero attached hydrogens (tertiary/aromatic N) is 3. The van der Waals surface area contributed by atoms with E-state index in [1.165, 1.54) is 36.4 Å². The first kappa shape index (κ1) is 28.1. The molecule has 0 spiro atoms. The molecule has 212 valence electrons. The van der Waals surface area contributed by atoms with E-state index in [0.29, 0.717) is 18.4 Å². The lowest BCUT2D eigenvalue weighted by Crippen LogP contribution is -2.52. The first-order valence-electron chi connectivity index (χ1n) is 13.1. The lowest BCUT2D eigenvalue weighted by atomic mass is 9.82. The number of Topliss-reactive ketones (excluding diaryl/α,β-unsaturated/α-hetero) is 1. The Kier molecular flexibility index (Phi) is 7.74. The summed E-state index contributed by atoms with van der Waals surface area (Å²) in [5.74, 6) is -4.27. The number of hydrazine groups is 1. The van der Waals surface area contributed by atoms with Gasteiger partial charge in [-0.15, -0.1) is 0 Å². The molecule has 2 atom stereocenters. The third kappa shape index (κ3) is 5.57. The van der Waals surface area contributed by atoms with Crippen LogP contribution >= 0.6 is 0 Å². The van der Waals surface area contributed by atoms with Gasteiger partial charge in [0.15, 0.2) is 5.78 Å². The summed E-state index contributed by atoms with van der Waals surface area (Å²) < 4.78 is 5.35. The molecular weight excluding hydrogens is 542 g/mol. The van der Waals surface area contributed by atoms with Gasteiger partial charge in [-0.1, -0.05) is 29.8 Å². The van der Waals surface area contributed by atoms with Crippen molar-refractivity contribution in [2.24, 2.45) is 11.8 Å². The Hall–Kier alpha value is -5.45. The first-order chi connectivity index (χ1) is 20.1. The predicted octanol–water partition coefficient (Wildman–Crippen LogP) is 4.40. The zero-order valence-corrected chi connectivity index (χ0v) is 22.5. The van der Waals surface area contributed by atoms with Crippen LogP contribution in [0.25, 0.3) is 0 Å². The number of ether oxygens (including phenoxy) is 1. The number of rotatable bonds is 8. The first-order valence-corrected chi connectivity index (χ1v) is 13.1. The van der Waals surface area contributed by atoms with Crippen LogP contribution in [0.15, 0.2) is 90.5 Å². The van der Waals surface area contributed by atoms with Crippen molar-refractivity contribution in [1.29, 1.82) is 0 Å². The van der Waals surface area contributed by atoms with E-state index < -0.39 is 52.8 Å². The molecule has 1 fully saturated rings. The monoisotopic (exact) mass is 567 g/mol. The summed E-state index contributed by atoms with van der Waals surface area (Å²) >= 11 is 0. The second kappa shape index (κ2) is 11.6. The van der Waals surface area contributed by atoms with E-state index in [9.17, 15) is 34.1 Å². The van der Waals surface area contributed by atoms with Crippen molar-refractivity contribution in [3.63, 3.8) is 0 Å². The van der Waals surface area contributed by atoms with Gasteiger partial charge in [0.25, 0.3) is 23.4 Å². The Labute approximate surface area is 240 Å². The molecule has 0 saturated carbocycles. The van der Waals surface area contributed by atoms with Gasteiger partial charge in [0.2, 0.25) is 0 Å². The van der Waals surface area contributed by atoms with Crippen LogP contribution in [0, 0.1) is 22.0 Å². The van der Waals surface area contributed by atoms with E-state index in [2.05, 4.69) is 0 Å². The number of nitro groups is 1. The summed E-state index contributed by atoms with van der Waals surface area (Å²) in [5, 5.41) is 12.6. The summed E-state index contributed by atoms with van der Waals surface area (Å²) in [6.45, 7) is 1.21. The van der Waals surface area contributed by atoms with E-state index in [1.54, 1.807) is 30.3 Å². The van der Waals surface area contributed by atoms with Crippen molar-refractivity contribution in [2.45, 2.75) is 19.8 Å². The van der Waals surface area contributed by atoms with Gasteiger partial charge in [0.1, 0.15) is 12.3 Å². The van der Waals surface area contributed by atoms with Crippen LogP contribution in [0.5, 0.6) is 5.75 Å². The zero-order chi connectivity index (χ0) is 30.0. The maximum absolute atomic E-state index is 13.6. The SMILES string of the molecule is CC1=CC[C@H]2C(=O)N(N(CC(=O)c3ccc(OC(=O)c4ccccc4)cc3)C(=O)c3ccc([N+](=O)[O-])cc3)C(=O)[C@@H]2C1. The van der Waals surface area contributed by atoms with Crippen LogP contribution in [0.1, 0.15) is 50.8 Å². The summed E-state index contributed by atoms with van der Waals surface area (Å²) in [4.78, 5) is 76.6. The Morgan fingerprint density at radius 2 is 1.50 bits per heavy atom. The van der Waals surface area contributed by atoms with E-state index in [0.717, 1.165) is 27.7 Å². The Balaban J connectivity index is 1.39. The summed E-state index contributed by atoms with van der Waals surface area (Å²) in [7, 11) is 0. The number of esters is 1. The smallest absolute Gasteiger partial charge is 0.343 e. The third-order valence-corrected chi connectivity index (χ3v) is 7.29.